The van der Waals surface area contributed by atoms with Gasteiger partial charge < -0.3 is 9.73 Å². The average Bonchev–Trinajstić information content (AvgIpc) is 3.13. The summed E-state index contributed by atoms with van der Waals surface area (Å²) >= 11 is 1.24. The van der Waals surface area contributed by atoms with E-state index in [1.54, 1.807) is 0 Å². The lowest BCUT2D eigenvalue weighted by Crippen LogP contribution is -2.16. The number of amides is 1. The van der Waals surface area contributed by atoms with Crippen molar-refractivity contribution in [3.05, 3.63) is 58.7 Å². The summed E-state index contributed by atoms with van der Waals surface area (Å²) in [4.78, 5) is 12.3. The van der Waals surface area contributed by atoms with Crippen molar-refractivity contribution in [1.29, 1.82) is 0 Å². The molecule has 0 aliphatic rings. The highest BCUT2D eigenvalue weighted by Crippen LogP contribution is 2.26. The molecular weight excluding hydrogens is 358 g/mol. The standard InChI is InChI=1S/C21H23N3O2S/c1-5-16-8-6-7-14(3)19(16)22-18(25)12-27-21-24-23-20(26-21)17-10-9-13(2)15(4)11-17/h6-11H,5,12H2,1-4H3,(H,22,25). The molecule has 0 aliphatic heterocycles. The van der Waals surface area contributed by atoms with E-state index in [-0.39, 0.29) is 11.7 Å². The van der Waals surface area contributed by atoms with Crippen LogP contribution in [0.15, 0.2) is 46.0 Å². The summed E-state index contributed by atoms with van der Waals surface area (Å²) in [5.41, 5.74) is 6.35. The molecule has 0 fully saturated rings. The Morgan fingerprint density at radius 1 is 1.07 bits per heavy atom. The lowest BCUT2D eigenvalue weighted by atomic mass is 10.1. The van der Waals surface area contributed by atoms with E-state index in [0.29, 0.717) is 11.1 Å². The van der Waals surface area contributed by atoms with E-state index in [1.807, 2.05) is 50.2 Å². The number of carbonyl (C=O) groups excluding carboxylic acids is 1. The fourth-order valence-corrected chi connectivity index (χ4v) is 3.33. The van der Waals surface area contributed by atoms with Crippen LogP contribution in [0.3, 0.4) is 0 Å². The van der Waals surface area contributed by atoms with Gasteiger partial charge in [-0.2, -0.15) is 0 Å². The predicted molar refractivity (Wildman–Crippen MR) is 109 cm³/mol. The van der Waals surface area contributed by atoms with E-state index >= 15 is 0 Å². The highest BCUT2D eigenvalue weighted by molar-refractivity contribution is 7.99. The molecule has 1 heterocycles. The first-order valence-corrected chi connectivity index (χ1v) is 9.88. The van der Waals surface area contributed by atoms with Crippen LogP contribution < -0.4 is 5.32 Å². The number of anilines is 1. The predicted octanol–water partition coefficient (Wildman–Crippen LogP) is 4.96. The molecule has 0 spiro atoms. The van der Waals surface area contributed by atoms with Crippen molar-refractivity contribution >= 4 is 23.4 Å². The van der Waals surface area contributed by atoms with Gasteiger partial charge in [-0.25, -0.2) is 0 Å². The van der Waals surface area contributed by atoms with Crippen molar-refractivity contribution in [1.82, 2.24) is 10.2 Å². The minimum Gasteiger partial charge on any atom is -0.411 e. The smallest absolute Gasteiger partial charge is 0.277 e. The number of nitrogens with one attached hydrogen (secondary N) is 1. The number of nitrogens with zero attached hydrogens (tertiary/aromatic N) is 2. The Balaban J connectivity index is 1.63. The van der Waals surface area contributed by atoms with Gasteiger partial charge in [0.05, 0.1) is 5.75 Å². The quantitative estimate of drug-likeness (QED) is 0.612. The first-order chi connectivity index (χ1) is 13.0. The number of aromatic nitrogens is 2. The van der Waals surface area contributed by atoms with Crippen molar-refractivity contribution in [2.75, 3.05) is 11.1 Å². The molecule has 0 unspecified atom stereocenters. The molecule has 5 nitrogen and oxygen atoms in total. The summed E-state index contributed by atoms with van der Waals surface area (Å²) in [6.45, 7) is 8.18. The van der Waals surface area contributed by atoms with Gasteiger partial charge in [0.15, 0.2) is 0 Å². The van der Waals surface area contributed by atoms with Crippen LogP contribution >= 0.6 is 11.8 Å². The van der Waals surface area contributed by atoms with E-state index in [4.69, 9.17) is 4.42 Å². The van der Waals surface area contributed by atoms with Crippen molar-refractivity contribution in [3.8, 4) is 11.5 Å². The Labute approximate surface area is 163 Å². The van der Waals surface area contributed by atoms with Crippen LogP contribution in [0, 0.1) is 20.8 Å². The van der Waals surface area contributed by atoms with Crippen LogP contribution in [0.1, 0.15) is 29.2 Å². The van der Waals surface area contributed by atoms with E-state index in [9.17, 15) is 4.79 Å². The summed E-state index contributed by atoms with van der Waals surface area (Å²) in [6, 6.07) is 12.0. The lowest BCUT2D eigenvalue weighted by molar-refractivity contribution is -0.113. The van der Waals surface area contributed by atoms with Crippen molar-refractivity contribution in [2.45, 2.75) is 39.3 Å². The van der Waals surface area contributed by atoms with Crippen LogP contribution in [-0.2, 0) is 11.2 Å². The third-order valence-corrected chi connectivity index (χ3v) is 5.31. The zero-order valence-corrected chi connectivity index (χ0v) is 16.8. The molecule has 3 rings (SSSR count). The summed E-state index contributed by atoms with van der Waals surface area (Å²) in [5.74, 6) is 0.592. The molecule has 27 heavy (non-hydrogen) atoms. The maximum atomic E-state index is 12.3. The minimum absolute atomic E-state index is 0.0880. The zero-order chi connectivity index (χ0) is 19.4. The highest BCUT2D eigenvalue weighted by Gasteiger charge is 2.13. The normalized spacial score (nSPS) is 10.8. The molecule has 2 aromatic carbocycles. The topological polar surface area (TPSA) is 68.0 Å². The molecule has 0 bridgehead atoms. The highest BCUT2D eigenvalue weighted by atomic mass is 32.2. The molecule has 3 aromatic rings. The number of para-hydroxylation sites is 1. The molecule has 0 atom stereocenters. The second kappa shape index (κ2) is 8.39. The van der Waals surface area contributed by atoms with Gasteiger partial charge in [-0.05, 0) is 61.6 Å². The second-order valence-corrected chi connectivity index (χ2v) is 7.40. The summed E-state index contributed by atoms with van der Waals surface area (Å²) < 4.78 is 5.69. The Hall–Kier alpha value is -2.60. The number of benzene rings is 2. The number of aryl methyl sites for hydroxylation is 4. The molecule has 6 heteroatoms. The summed E-state index contributed by atoms with van der Waals surface area (Å²) in [5, 5.41) is 11.5. The van der Waals surface area contributed by atoms with Crippen LogP contribution in [0.2, 0.25) is 0 Å². The molecule has 140 valence electrons. The molecule has 0 saturated heterocycles. The van der Waals surface area contributed by atoms with Gasteiger partial charge in [-0.15, -0.1) is 10.2 Å². The van der Waals surface area contributed by atoms with Gasteiger partial charge in [0.2, 0.25) is 11.8 Å². The Morgan fingerprint density at radius 3 is 2.63 bits per heavy atom. The number of hydrogen-bond acceptors (Lipinski definition) is 5. The van der Waals surface area contributed by atoms with Crippen LogP contribution in [0.4, 0.5) is 5.69 Å². The van der Waals surface area contributed by atoms with E-state index in [0.717, 1.165) is 28.8 Å². The SMILES string of the molecule is CCc1cccc(C)c1NC(=O)CSc1nnc(-c2ccc(C)c(C)c2)o1. The minimum atomic E-state index is -0.0880. The molecule has 1 N–H and O–H groups in total. The Morgan fingerprint density at radius 2 is 1.89 bits per heavy atom. The van der Waals surface area contributed by atoms with Gasteiger partial charge >= 0.3 is 0 Å². The third kappa shape index (κ3) is 4.57. The van der Waals surface area contributed by atoms with E-state index in [1.165, 1.54) is 22.9 Å². The fraction of sp³-hybridized carbons (Fsp3) is 0.286. The number of rotatable bonds is 6. The molecule has 1 aromatic heterocycles. The van der Waals surface area contributed by atoms with Gasteiger partial charge in [0.25, 0.3) is 5.22 Å². The third-order valence-electron chi connectivity index (χ3n) is 4.49. The van der Waals surface area contributed by atoms with Crippen molar-refractivity contribution in [3.63, 3.8) is 0 Å². The maximum absolute atomic E-state index is 12.3. The first kappa shape index (κ1) is 19.2. The summed E-state index contributed by atoms with van der Waals surface area (Å²) in [6.07, 6.45) is 0.868. The number of thioether (sulfide) groups is 1. The monoisotopic (exact) mass is 381 g/mol. The largest absolute Gasteiger partial charge is 0.411 e. The maximum Gasteiger partial charge on any atom is 0.277 e. The van der Waals surface area contributed by atoms with E-state index in [2.05, 4.69) is 29.4 Å². The lowest BCUT2D eigenvalue weighted by Gasteiger charge is -2.12. The molecular formula is C21H23N3O2S. The van der Waals surface area contributed by atoms with Gasteiger partial charge in [-0.3, -0.25) is 4.79 Å². The first-order valence-electron chi connectivity index (χ1n) is 8.90. The Kier molecular flexibility index (Phi) is 5.96. The van der Waals surface area contributed by atoms with Crippen LogP contribution in [0.5, 0.6) is 0 Å². The van der Waals surface area contributed by atoms with Gasteiger partial charge in [-0.1, -0.05) is 43.0 Å². The molecule has 0 saturated carbocycles. The van der Waals surface area contributed by atoms with Crippen molar-refractivity contribution < 1.29 is 9.21 Å². The molecule has 0 radical (unpaired) electrons. The van der Waals surface area contributed by atoms with Crippen LogP contribution in [0.25, 0.3) is 11.5 Å². The fourth-order valence-electron chi connectivity index (χ4n) is 2.76. The second-order valence-electron chi connectivity index (χ2n) is 6.47. The summed E-state index contributed by atoms with van der Waals surface area (Å²) in [7, 11) is 0. The number of hydrogen-bond donors (Lipinski definition) is 1. The number of carbonyl (C=O) groups is 1. The van der Waals surface area contributed by atoms with Gasteiger partial charge in [0.1, 0.15) is 0 Å². The molecule has 1 amide bonds. The molecule has 0 aliphatic carbocycles. The van der Waals surface area contributed by atoms with Crippen molar-refractivity contribution in [2.24, 2.45) is 0 Å². The van der Waals surface area contributed by atoms with Gasteiger partial charge in [0, 0.05) is 11.3 Å². The zero-order valence-electron chi connectivity index (χ0n) is 16.0. The average molecular weight is 382 g/mol. The Bertz CT molecular complexity index is 966. The van der Waals surface area contributed by atoms with E-state index < -0.39 is 0 Å². The van der Waals surface area contributed by atoms with Crippen LogP contribution in [-0.4, -0.2) is 21.9 Å².